The third-order valence-corrected chi connectivity index (χ3v) is 5.35. The van der Waals surface area contributed by atoms with Crippen LogP contribution in [-0.2, 0) is 12.0 Å². The van der Waals surface area contributed by atoms with Crippen molar-refractivity contribution in [1.82, 2.24) is 5.32 Å². The van der Waals surface area contributed by atoms with Crippen LogP contribution in [0.3, 0.4) is 0 Å². The Hall–Kier alpha value is -2.31. The number of ether oxygens (including phenoxy) is 1. The molecule has 130 valence electrons. The molecule has 0 saturated heterocycles. The Morgan fingerprint density at radius 3 is 2.72 bits per heavy atom. The minimum atomic E-state index is -0.391. The number of methoxy groups -OCH3 is 1. The summed E-state index contributed by atoms with van der Waals surface area (Å²) in [6.07, 6.45) is 5.03. The fourth-order valence-electron chi connectivity index (χ4n) is 3.79. The van der Waals surface area contributed by atoms with Crippen LogP contribution in [0.25, 0.3) is 0 Å². The highest BCUT2D eigenvalue weighted by molar-refractivity contribution is 5.38. The summed E-state index contributed by atoms with van der Waals surface area (Å²) in [7, 11) is 1.68. The maximum atomic E-state index is 9.97. The Morgan fingerprint density at radius 2 is 1.96 bits per heavy atom. The summed E-state index contributed by atoms with van der Waals surface area (Å²) in [5.41, 5.74) is 2.02. The highest BCUT2D eigenvalue weighted by atomic mass is 16.5. The minimum Gasteiger partial charge on any atom is -0.497 e. The summed E-state index contributed by atoms with van der Waals surface area (Å²) >= 11 is 0. The van der Waals surface area contributed by atoms with E-state index in [0.717, 1.165) is 50.0 Å². The first-order valence-corrected chi connectivity index (χ1v) is 9.09. The Morgan fingerprint density at radius 1 is 1.12 bits per heavy atom. The van der Waals surface area contributed by atoms with E-state index in [4.69, 9.17) is 4.74 Å². The van der Waals surface area contributed by atoms with Crippen molar-refractivity contribution in [1.29, 1.82) is 5.26 Å². The van der Waals surface area contributed by atoms with Crippen molar-refractivity contribution in [3.8, 4) is 11.8 Å². The van der Waals surface area contributed by atoms with Crippen molar-refractivity contribution in [2.45, 2.75) is 50.1 Å². The Bertz CT molecular complexity index is 722. The molecule has 1 N–H and O–H groups in total. The molecule has 0 aromatic heterocycles. The number of hydrogen-bond donors (Lipinski definition) is 1. The maximum absolute atomic E-state index is 9.97. The highest BCUT2D eigenvalue weighted by Gasteiger charge is 2.35. The van der Waals surface area contributed by atoms with Gasteiger partial charge in [0, 0.05) is 12.6 Å². The summed E-state index contributed by atoms with van der Waals surface area (Å²) in [6.45, 7) is 0.893. The second-order valence-electron chi connectivity index (χ2n) is 6.92. The molecule has 3 rings (SSSR count). The van der Waals surface area contributed by atoms with Gasteiger partial charge in [-0.2, -0.15) is 5.26 Å². The topological polar surface area (TPSA) is 45.0 Å². The van der Waals surface area contributed by atoms with Crippen molar-refractivity contribution in [2.75, 3.05) is 7.11 Å². The summed E-state index contributed by atoms with van der Waals surface area (Å²) in [4.78, 5) is 0. The molecule has 2 atom stereocenters. The van der Waals surface area contributed by atoms with Gasteiger partial charge < -0.3 is 10.1 Å². The first-order valence-electron chi connectivity index (χ1n) is 9.09. The van der Waals surface area contributed by atoms with Gasteiger partial charge in [0.15, 0.2) is 0 Å². The predicted molar refractivity (Wildman–Crippen MR) is 100 cm³/mol. The van der Waals surface area contributed by atoms with Crippen molar-refractivity contribution < 1.29 is 4.74 Å². The van der Waals surface area contributed by atoms with Crippen molar-refractivity contribution >= 4 is 0 Å². The van der Waals surface area contributed by atoms with Crippen LogP contribution in [0.2, 0.25) is 0 Å². The largest absolute Gasteiger partial charge is 0.497 e. The van der Waals surface area contributed by atoms with Crippen LogP contribution in [0, 0.1) is 11.3 Å². The van der Waals surface area contributed by atoms with Gasteiger partial charge in [-0.1, -0.05) is 42.5 Å². The Labute approximate surface area is 150 Å². The molecule has 0 heterocycles. The first-order chi connectivity index (χ1) is 12.3. The van der Waals surface area contributed by atoms with E-state index in [1.165, 1.54) is 5.56 Å². The van der Waals surface area contributed by atoms with Gasteiger partial charge in [-0.3, -0.25) is 0 Å². The summed E-state index contributed by atoms with van der Waals surface area (Å²) in [5, 5.41) is 13.6. The molecule has 3 nitrogen and oxygen atoms in total. The van der Waals surface area contributed by atoms with Crippen molar-refractivity contribution in [2.24, 2.45) is 0 Å². The maximum Gasteiger partial charge on any atom is 0.119 e. The third-order valence-electron chi connectivity index (χ3n) is 5.35. The lowest BCUT2D eigenvalue weighted by Gasteiger charge is -2.26. The molecule has 0 radical (unpaired) electrons. The van der Waals surface area contributed by atoms with Gasteiger partial charge in [-0.15, -0.1) is 0 Å². The summed E-state index contributed by atoms with van der Waals surface area (Å²) < 4.78 is 5.35. The fourth-order valence-corrected chi connectivity index (χ4v) is 3.79. The molecule has 2 aromatic rings. The van der Waals surface area contributed by atoms with Crippen LogP contribution in [0.1, 0.15) is 43.2 Å². The molecule has 1 aliphatic rings. The molecule has 0 aliphatic heterocycles. The SMILES string of the molecule is COc1cccc(C2(C#N)CCCC(NCc3ccccc3)CC2)c1. The molecule has 2 unspecified atom stereocenters. The molecule has 0 spiro atoms. The van der Waals surface area contributed by atoms with E-state index in [1.54, 1.807) is 7.11 Å². The van der Waals surface area contributed by atoms with Crippen molar-refractivity contribution in [3.05, 3.63) is 65.7 Å². The van der Waals surface area contributed by atoms with Crippen LogP contribution < -0.4 is 10.1 Å². The van der Waals surface area contributed by atoms with Crippen LogP contribution >= 0.6 is 0 Å². The van der Waals surface area contributed by atoms with Gasteiger partial charge in [0.25, 0.3) is 0 Å². The predicted octanol–water partition coefficient (Wildman–Crippen LogP) is 4.58. The van der Waals surface area contributed by atoms with Crippen molar-refractivity contribution in [3.63, 3.8) is 0 Å². The standard InChI is InChI=1S/C22H26N2O/c1-25-21-11-5-9-19(15-21)22(17-23)13-6-10-20(12-14-22)24-16-18-7-3-2-4-8-18/h2-5,7-9,11,15,20,24H,6,10,12-14,16H2,1H3. The molecular formula is C22H26N2O. The van der Waals surface area contributed by atoms with Gasteiger partial charge in [0.05, 0.1) is 18.6 Å². The molecule has 0 amide bonds. The minimum absolute atomic E-state index is 0.391. The van der Waals surface area contributed by atoms with E-state index in [9.17, 15) is 5.26 Å². The zero-order chi connectivity index (χ0) is 17.5. The van der Waals surface area contributed by atoms with Gasteiger partial charge in [-0.25, -0.2) is 0 Å². The molecule has 25 heavy (non-hydrogen) atoms. The Balaban J connectivity index is 1.67. The number of benzene rings is 2. The average molecular weight is 334 g/mol. The van der Waals surface area contributed by atoms with E-state index in [1.807, 2.05) is 24.3 Å². The van der Waals surface area contributed by atoms with E-state index >= 15 is 0 Å². The van der Waals surface area contributed by atoms with E-state index in [-0.39, 0.29) is 0 Å². The lowest BCUT2D eigenvalue weighted by atomic mass is 9.75. The monoisotopic (exact) mass is 334 g/mol. The number of nitrogens with zero attached hydrogens (tertiary/aromatic N) is 1. The number of nitriles is 1. The zero-order valence-corrected chi connectivity index (χ0v) is 14.9. The third kappa shape index (κ3) is 4.21. The van der Waals surface area contributed by atoms with Crippen LogP contribution in [0.4, 0.5) is 0 Å². The number of rotatable bonds is 5. The Kier molecular flexibility index (Phi) is 5.73. The first kappa shape index (κ1) is 17.5. The van der Waals surface area contributed by atoms with Gasteiger partial charge >= 0.3 is 0 Å². The summed E-state index contributed by atoms with van der Waals surface area (Å²) in [5.74, 6) is 0.829. The normalized spacial score (nSPS) is 23.4. The second-order valence-corrected chi connectivity index (χ2v) is 6.92. The van der Waals surface area contributed by atoms with Gasteiger partial charge in [0.1, 0.15) is 5.75 Å². The van der Waals surface area contributed by atoms with Crippen LogP contribution in [-0.4, -0.2) is 13.2 Å². The lowest BCUT2D eigenvalue weighted by Crippen LogP contribution is -2.29. The average Bonchev–Trinajstić information content (AvgIpc) is 2.90. The highest BCUT2D eigenvalue weighted by Crippen LogP contribution is 2.39. The number of nitrogens with one attached hydrogen (secondary N) is 1. The van der Waals surface area contributed by atoms with Gasteiger partial charge in [-0.05, 0) is 55.4 Å². The molecule has 3 heteroatoms. The molecule has 0 bridgehead atoms. The quantitative estimate of drug-likeness (QED) is 0.814. The molecule has 1 saturated carbocycles. The smallest absolute Gasteiger partial charge is 0.119 e. The van der Waals surface area contributed by atoms with E-state index in [0.29, 0.717) is 6.04 Å². The lowest BCUT2D eigenvalue weighted by molar-refractivity contribution is 0.409. The van der Waals surface area contributed by atoms with E-state index in [2.05, 4.69) is 41.7 Å². The van der Waals surface area contributed by atoms with E-state index < -0.39 is 5.41 Å². The molecule has 1 fully saturated rings. The second kappa shape index (κ2) is 8.18. The molecule has 1 aliphatic carbocycles. The number of hydrogen-bond acceptors (Lipinski definition) is 3. The summed E-state index contributed by atoms with van der Waals surface area (Å²) in [6, 6.07) is 21.6. The molecular weight excluding hydrogens is 308 g/mol. The zero-order valence-electron chi connectivity index (χ0n) is 14.9. The van der Waals surface area contributed by atoms with Gasteiger partial charge in [0.2, 0.25) is 0 Å². The molecule has 2 aromatic carbocycles. The fraction of sp³-hybridized carbons (Fsp3) is 0.409. The van der Waals surface area contributed by atoms with Crippen LogP contribution in [0.5, 0.6) is 5.75 Å². The van der Waals surface area contributed by atoms with Crippen LogP contribution in [0.15, 0.2) is 54.6 Å².